The number of benzene rings is 2. The van der Waals surface area contributed by atoms with E-state index in [9.17, 15) is 0 Å². The van der Waals surface area contributed by atoms with Gasteiger partial charge in [-0.2, -0.15) is 5.10 Å². The van der Waals surface area contributed by atoms with Crippen LogP contribution in [0.15, 0.2) is 36.4 Å². The minimum atomic E-state index is -0.0170. The summed E-state index contributed by atoms with van der Waals surface area (Å²) in [5.41, 5.74) is 4.75. The molecule has 1 radical (unpaired) electrons. The Bertz CT molecular complexity index is 1150. The van der Waals surface area contributed by atoms with Gasteiger partial charge in [0.05, 0.1) is 36.4 Å². The van der Waals surface area contributed by atoms with Gasteiger partial charge in [0.2, 0.25) is 0 Å². The van der Waals surface area contributed by atoms with E-state index < -0.39 is 0 Å². The van der Waals surface area contributed by atoms with Crippen molar-refractivity contribution in [2.45, 2.75) is 19.1 Å². The number of imidazole rings is 1. The van der Waals surface area contributed by atoms with E-state index >= 15 is 0 Å². The molecule has 5 rings (SSSR count). The van der Waals surface area contributed by atoms with Crippen LogP contribution in [0.25, 0.3) is 33.5 Å². The van der Waals surface area contributed by atoms with E-state index in [1.54, 1.807) is 7.11 Å². The number of nitrogens with zero attached hydrogens (tertiary/aromatic N) is 3. The Labute approximate surface area is 162 Å². The van der Waals surface area contributed by atoms with Crippen molar-refractivity contribution in [3.05, 3.63) is 43.3 Å². The maximum absolute atomic E-state index is 5.65. The van der Waals surface area contributed by atoms with Crippen LogP contribution < -0.4 is 9.64 Å². The molecular weight excluding hydrogens is 354 g/mol. The summed E-state index contributed by atoms with van der Waals surface area (Å²) in [6, 6.07) is 12.5. The molecule has 2 atom stereocenters. The number of ether oxygens (including phenoxy) is 2. The van der Waals surface area contributed by atoms with Crippen molar-refractivity contribution in [1.82, 2.24) is 20.2 Å². The number of hydrogen-bond acceptors (Lipinski definition) is 5. The van der Waals surface area contributed by atoms with Crippen LogP contribution in [0.5, 0.6) is 5.75 Å². The molecule has 2 unspecified atom stereocenters. The van der Waals surface area contributed by atoms with Crippen molar-refractivity contribution in [3.8, 4) is 17.3 Å². The number of fused-ring (bicyclic) bond motifs is 2. The standard InChI is InChI=1S/C21H22N5O2/c1-12-11-28-13(2)10-26(12)14-4-7-17-19(8-14)23-21(22-17)20-16-6-5-15(27-3)9-18(16)24-25-20/h4-9,12-13H,2,10-11H2,1,3H3,(H,22,23)(H,24,25). The van der Waals surface area contributed by atoms with Gasteiger partial charge < -0.3 is 19.4 Å². The lowest BCUT2D eigenvalue weighted by atomic mass is 10.1. The van der Waals surface area contributed by atoms with Crippen LogP contribution >= 0.6 is 0 Å². The molecule has 0 saturated carbocycles. The van der Waals surface area contributed by atoms with Crippen LogP contribution in [-0.2, 0) is 4.74 Å². The van der Waals surface area contributed by atoms with Gasteiger partial charge in [0.1, 0.15) is 11.4 Å². The first-order valence-electron chi connectivity index (χ1n) is 9.36. The Morgan fingerprint density at radius 3 is 2.96 bits per heavy atom. The molecule has 2 aromatic carbocycles. The SMILES string of the molecule is [CH2]C1CN(c2ccc3nc(-c4n[nH]c5cc(OC)ccc45)[nH]c3c2)C(C)CO1. The van der Waals surface area contributed by atoms with Crippen LogP contribution in [0, 0.1) is 6.92 Å². The van der Waals surface area contributed by atoms with Crippen molar-refractivity contribution in [1.29, 1.82) is 0 Å². The van der Waals surface area contributed by atoms with E-state index in [-0.39, 0.29) is 6.10 Å². The smallest absolute Gasteiger partial charge is 0.159 e. The second-order valence-electron chi connectivity index (χ2n) is 7.23. The van der Waals surface area contributed by atoms with Crippen molar-refractivity contribution in [2.24, 2.45) is 0 Å². The molecule has 2 aromatic heterocycles. The van der Waals surface area contributed by atoms with Crippen LogP contribution in [0.3, 0.4) is 0 Å². The molecule has 0 spiro atoms. The maximum Gasteiger partial charge on any atom is 0.159 e. The zero-order valence-electron chi connectivity index (χ0n) is 15.9. The second-order valence-corrected chi connectivity index (χ2v) is 7.23. The summed E-state index contributed by atoms with van der Waals surface area (Å²) in [5, 5.41) is 8.52. The van der Waals surface area contributed by atoms with E-state index in [0.29, 0.717) is 12.6 Å². The van der Waals surface area contributed by atoms with Gasteiger partial charge >= 0.3 is 0 Å². The number of hydrogen-bond donors (Lipinski definition) is 2. The maximum atomic E-state index is 5.65. The van der Waals surface area contributed by atoms with Gasteiger partial charge in [-0.1, -0.05) is 0 Å². The first-order valence-corrected chi connectivity index (χ1v) is 9.36. The minimum absolute atomic E-state index is 0.0170. The first-order chi connectivity index (χ1) is 13.6. The highest BCUT2D eigenvalue weighted by molar-refractivity contribution is 5.94. The molecule has 1 fully saturated rings. The molecule has 143 valence electrons. The Kier molecular flexibility index (Phi) is 3.98. The highest BCUT2D eigenvalue weighted by atomic mass is 16.5. The molecule has 0 amide bonds. The average molecular weight is 376 g/mol. The Morgan fingerprint density at radius 2 is 2.11 bits per heavy atom. The number of aromatic amines is 2. The third-order valence-corrected chi connectivity index (χ3v) is 5.30. The summed E-state index contributed by atoms with van der Waals surface area (Å²) in [6.07, 6.45) is -0.0170. The predicted molar refractivity (Wildman–Crippen MR) is 110 cm³/mol. The topological polar surface area (TPSA) is 79.1 Å². The minimum Gasteiger partial charge on any atom is -0.497 e. The third kappa shape index (κ3) is 2.79. The second kappa shape index (κ2) is 6.53. The lowest BCUT2D eigenvalue weighted by Crippen LogP contribution is -2.47. The fourth-order valence-electron chi connectivity index (χ4n) is 3.77. The molecule has 0 bridgehead atoms. The van der Waals surface area contributed by atoms with Crippen molar-refractivity contribution in [2.75, 3.05) is 25.2 Å². The van der Waals surface area contributed by atoms with Crippen LogP contribution in [-0.4, -0.2) is 52.6 Å². The number of aromatic nitrogens is 4. The highest BCUT2D eigenvalue weighted by Gasteiger charge is 2.24. The van der Waals surface area contributed by atoms with Crippen molar-refractivity contribution >= 4 is 27.6 Å². The molecule has 1 saturated heterocycles. The van der Waals surface area contributed by atoms with Gasteiger partial charge in [0.15, 0.2) is 5.82 Å². The normalized spacial score (nSPS) is 20.2. The van der Waals surface area contributed by atoms with Crippen molar-refractivity contribution in [3.63, 3.8) is 0 Å². The summed E-state index contributed by atoms with van der Waals surface area (Å²) in [4.78, 5) is 10.5. The molecule has 1 aliphatic heterocycles. The molecule has 28 heavy (non-hydrogen) atoms. The molecular formula is C21H22N5O2. The molecule has 2 N–H and O–H groups in total. The lowest BCUT2D eigenvalue weighted by Gasteiger charge is -2.38. The van der Waals surface area contributed by atoms with E-state index in [2.05, 4.69) is 46.1 Å². The number of rotatable bonds is 3. The largest absolute Gasteiger partial charge is 0.497 e. The number of nitrogens with one attached hydrogen (secondary N) is 2. The van der Waals surface area contributed by atoms with E-state index in [0.717, 1.165) is 51.4 Å². The summed E-state index contributed by atoms with van der Waals surface area (Å²) in [6.45, 7) is 7.67. The fourth-order valence-corrected chi connectivity index (χ4v) is 3.77. The molecule has 1 aliphatic rings. The summed E-state index contributed by atoms with van der Waals surface area (Å²) in [5.74, 6) is 1.54. The zero-order valence-corrected chi connectivity index (χ0v) is 15.9. The van der Waals surface area contributed by atoms with Gasteiger partial charge in [-0.25, -0.2) is 4.98 Å². The van der Waals surface area contributed by atoms with Gasteiger partial charge in [0.25, 0.3) is 0 Å². The van der Waals surface area contributed by atoms with Gasteiger partial charge in [0, 0.05) is 29.7 Å². The quantitative estimate of drug-likeness (QED) is 0.572. The molecule has 4 aromatic rings. The van der Waals surface area contributed by atoms with Crippen molar-refractivity contribution < 1.29 is 9.47 Å². The molecule has 0 aliphatic carbocycles. The van der Waals surface area contributed by atoms with Gasteiger partial charge in [-0.3, -0.25) is 5.10 Å². The van der Waals surface area contributed by atoms with E-state index in [1.807, 2.05) is 24.3 Å². The predicted octanol–water partition coefficient (Wildman–Crippen LogP) is 3.54. The number of methoxy groups -OCH3 is 1. The summed E-state index contributed by atoms with van der Waals surface area (Å²) in [7, 11) is 1.65. The summed E-state index contributed by atoms with van der Waals surface area (Å²) < 4.78 is 10.9. The van der Waals surface area contributed by atoms with E-state index in [1.165, 1.54) is 0 Å². The average Bonchev–Trinajstić information content (AvgIpc) is 3.32. The van der Waals surface area contributed by atoms with Crippen LogP contribution in [0.2, 0.25) is 0 Å². The Morgan fingerprint density at radius 1 is 1.21 bits per heavy atom. The molecule has 3 heterocycles. The van der Waals surface area contributed by atoms with Crippen LogP contribution in [0.4, 0.5) is 5.69 Å². The van der Waals surface area contributed by atoms with Crippen LogP contribution in [0.1, 0.15) is 6.92 Å². The first kappa shape index (κ1) is 17.1. The third-order valence-electron chi connectivity index (χ3n) is 5.30. The Balaban J connectivity index is 1.54. The van der Waals surface area contributed by atoms with E-state index in [4.69, 9.17) is 14.5 Å². The van der Waals surface area contributed by atoms with Gasteiger partial charge in [-0.05, 0) is 44.2 Å². The Hall–Kier alpha value is -3.06. The molecule has 7 nitrogen and oxygen atoms in total. The summed E-state index contributed by atoms with van der Waals surface area (Å²) >= 11 is 0. The molecule has 7 heteroatoms. The lowest BCUT2D eigenvalue weighted by molar-refractivity contribution is 0.0499. The monoisotopic (exact) mass is 376 g/mol. The van der Waals surface area contributed by atoms with Gasteiger partial charge in [-0.15, -0.1) is 0 Å². The number of morpholine rings is 1. The number of anilines is 1. The fraction of sp³-hybridized carbons (Fsp3) is 0.286. The zero-order chi connectivity index (χ0) is 19.3. The number of H-pyrrole nitrogens is 2. The highest BCUT2D eigenvalue weighted by Crippen LogP contribution is 2.30.